The first-order valence-corrected chi connectivity index (χ1v) is 11.6. The molecule has 0 spiro atoms. The van der Waals surface area contributed by atoms with E-state index >= 15 is 0 Å². The second-order valence-corrected chi connectivity index (χ2v) is 9.42. The van der Waals surface area contributed by atoms with Crippen molar-refractivity contribution in [1.82, 2.24) is 0 Å². The number of rotatable bonds is 7. The van der Waals surface area contributed by atoms with Crippen LogP contribution in [0.25, 0.3) is 0 Å². The smallest absolute Gasteiger partial charge is 0.468 e. The standard InChI is InChI=1S/C15H23BO2.C9H9BrO2.CO2/c1-6-7-12-8-10-13(11-9-12)16-17-14(2,3)15(4,5)18-16;10-9-3-1-8(2-4-9)5-6-12-7-11;2-1-3/h8-11H,6-7H2,1-5H3;1-4,7H,5-6H2;. The van der Waals surface area contributed by atoms with Crippen LogP contribution in [0.5, 0.6) is 0 Å². The molecule has 1 aliphatic rings. The van der Waals surface area contributed by atoms with Crippen molar-refractivity contribution in [1.29, 1.82) is 0 Å². The molecule has 178 valence electrons. The molecule has 0 bridgehead atoms. The van der Waals surface area contributed by atoms with Crippen molar-refractivity contribution in [3.63, 3.8) is 0 Å². The van der Waals surface area contributed by atoms with Gasteiger partial charge in [0.05, 0.1) is 17.8 Å². The Bertz CT molecular complexity index is 859. The molecule has 0 atom stereocenters. The number of benzene rings is 2. The van der Waals surface area contributed by atoms with E-state index in [0.29, 0.717) is 13.1 Å². The Morgan fingerprint density at radius 1 is 0.909 bits per heavy atom. The topological polar surface area (TPSA) is 78.9 Å². The van der Waals surface area contributed by atoms with Crippen molar-refractivity contribution < 1.29 is 28.4 Å². The van der Waals surface area contributed by atoms with Crippen LogP contribution in [-0.2, 0) is 41.3 Å². The van der Waals surface area contributed by atoms with Gasteiger partial charge in [0.25, 0.3) is 6.47 Å². The van der Waals surface area contributed by atoms with Gasteiger partial charge in [-0.2, -0.15) is 9.59 Å². The molecule has 1 saturated heterocycles. The molecule has 1 fully saturated rings. The molecule has 33 heavy (non-hydrogen) atoms. The van der Waals surface area contributed by atoms with Crippen molar-refractivity contribution in [3.05, 3.63) is 64.1 Å². The summed E-state index contributed by atoms with van der Waals surface area (Å²) >= 11 is 3.34. The largest absolute Gasteiger partial charge is 0.494 e. The average Bonchev–Trinajstić information content (AvgIpc) is 2.98. The van der Waals surface area contributed by atoms with Crippen molar-refractivity contribution >= 4 is 41.1 Å². The highest BCUT2D eigenvalue weighted by molar-refractivity contribution is 9.10. The summed E-state index contributed by atoms with van der Waals surface area (Å²) in [4.78, 5) is 26.1. The minimum atomic E-state index is -0.264. The Balaban J connectivity index is 0.000000314. The fourth-order valence-electron chi connectivity index (χ4n) is 2.99. The third-order valence-corrected chi connectivity index (χ3v) is 6.06. The van der Waals surface area contributed by atoms with Gasteiger partial charge in [-0.15, -0.1) is 0 Å². The van der Waals surface area contributed by atoms with E-state index in [1.807, 2.05) is 24.3 Å². The second-order valence-electron chi connectivity index (χ2n) is 8.51. The third kappa shape index (κ3) is 9.64. The molecule has 0 aliphatic carbocycles. The van der Waals surface area contributed by atoms with Gasteiger partial charge in [-0.3, -0.25) is 4.79 Å². The summed E-state index contributed by atoms with van der Waals surface area (Å²) in [6.45, 7) is 11.4. The normalized spacial score (nSPS) is 15.3. The van der Waals surface area contributed by atoms with Crippen LogP contribution < -0.4 is 5.46 Å². The van der Waals surface area contributed by atoms with Crippen LogP contribution in [0.4, 0.5) is 0 Å². The molecule has 0 saturated carbocycles. The van der Waals surface area contributed by atoms with Crippen LogP contribution in [0.1, 0.15) is 52.2 Å². The quantitative estimate of drug-likeness (QED) is 0.304. The summed E-state index contributed by atoms with van der Waals surface area (Å²) in [6, 6.07) is 16.5. The van der Waals surface area contributed by atoms with Crippen LogP contribution in [0, 0.1) is 0 Å². The van der Waals surface area contributed by atoms with E-state index in [1.54, 1.807) is 0 Å². The fraction of sp³-hybridized carbons (Fsp3) is 0.440. The van der Waals surface area contributed by atoms with E-state index in [2.05, 4.69) is 79.6 Å². The van der Waals surface area contributed by atoms with Crippen LogP contribution in [-0.4, -0.2) is 37.6 Å². The molecule has 6 nitrogen and oxygen atoms in total. The summed E-state index contributed by atoms with van der Waals surface area (Å²) in [5.41, 5.74) is 3.12. The highest BCUT2D eigenvalue weighted by Crippen LogP contribution is 2.36. The maximum absolute atomic E-state index is 9.82. The van der Waals surface area contributed by atoms with Gasteiger partial charge in [0.2, 0.25) is 0 Å². The number of ether oxygens (including phenoxy) is 1. The van der Waals surface area contributed by atoms with Gasteiger partial charge >= 0.3 is 13.3 Å². The maximum atomic E-state index is 9.82. The summed E-state index contributed by atoms with van der Waals surface area (Å²) in [7, 11) is -0.245. The number of halogens is 1. The predicted octanol–water partition coefficient (Wildman–Crippen LogP) is 4.52. The highest BCUT2D eigenvalue weighted by atomic mass is 79.9. The first kappa shape index (κ1) is 28.8. The van der Waals surface area contributed by atoms with E-state index < -0.39 is 0 Å². The summed E-state index contributed by atoms with van der Waals surface area (Å²) in [5.74, 6) is 0. The van der Waals surface area contributed by atoms with E-state index in [-0.39, 0.29) is 24.5 Å². The minimum absolute atomic E-state index is 0.245. The fourth-order valence-corrected chi connectivity index (χ4v) is 3.25. The lowest BCUT2D eigenvalue weighted by Gasteiger charge is -2.32. The van der Waals surface area contributed by atoms with Gasteiger partial charge < -0.3 is 14.0 Å². The van der Waals surface area contributed by atoms with E-state index in [4.69, 9.17) is 18.9 Å². The first-order chi connectivity index (χ1) is 15.6. The molecule has 8 heteroatoms. The Kier molecular flexibility index (Phi) is 12.3. The summed E-state index contributed by atoms with van der Waals surface area (Å²) in [6.07, 6.45) is 3.32. The van der Waals surface area contributed by atoms with E-state index in [0.717, 1.165) is 22.8 Å². The molecule has 3 rings (SSSR count). The number of hydrogen-bond donors (Lipinski definition) is 0. The SMILES string of the molecule is CCCc1ccc(B2OC(C)(C)C(C)(C)O2)cc1.O=C=O.O=COCCc1ccc(Br)cc1. The van der Waals surface area contributed by atoms with E-state index in [1.165, 1.54) is 17.5 Å². The predicted molar refractivity (Wildman–Crippen MR) is 131 cm³/mol. The number of carbonyl (C=O) groups excluding carboxylic acids is 3. The zero-order valence-electron chi connectivity index (χ0n) is 19.9. The van der Waals surface area contributed by atoms with Crippen LogP contribution in [0.15, 0.2) is 53.0 Å². The molecule has 0 N–H and O–H groups in total. The lowest BCUT2D eigenvalue weighted by Crippen LogP contribution is -2.41. The second kappa shape index (κ2) is 14.1. The molecule has 1 aliphatic heterocycles. The van der Waals surface area contributed by atoms with Crippen LogP contribution in [0.2, 0.25) is 0 Å². The third-order valence-electron chi connectivity index (χ3n) is 5.53. The lowest BCUT2D eigenvalue weighted by atomic mass is 9.79. The monoisotopic (exact) mass is 518 g/mol. The Morgan fingerprint density at radius 2 is 1.36 bits per heavy atom. The average molecular weight is 519 g/mol. The van der Waals surface area contributed by atoms with E-state index in [9.17, 15) is 4.79 Å². The molecule has 0 radical (unpaired) electrons. The molecular formula is C25H32BBrO6. The van der Waals surface area contributed by atoms with Crippen molar-refractivity contribution in [2.75, 3.05) is 6.61 Å². The molecule has 0 aromatic heterocycles. The number of carbonyl (C=O) groups is 1. The Hall–Kier alpha value is -2.25. The Labute approximate surface area is 205 Å². The highest BCUT2D eigenvalue weighted by Gasteiger charge is 2.51. The van der Waals surface area contributed by atoms with Gasteiger partial charge in [-0.25, -0.2) is 0 Å². The maximum Gasteiger partial charge on any atom is 0.494 e. The molecule has 2 aromatic rings. The lowest BCUT2D eigenvalue weighted by molar-refractivity contribution is -0.191. The van der Waals surface area contributed by atoms with Crippen molar-refractivity contribution in [3.8, 4) is 0 Å². The summed E-state index contributed by atoms with van der Waals surface area (Å²) in [5, 5.41) is 0. The van der Waals surface area contributed by atoms with Crippen LogP contribution in [0.3, 0.4) is 0 Å². The van der Waals surface area contributed by atoms with Gasteiger partial charge in [0, 0.05) is 10.9 Å². The summed E-state index contributed by atoms with van der Waals surface area (Å²) < 4.78 is 17.7. The zero-order chi connectivity index (χ0) is 24.9. The van der Waals surface area contributed by atoms with Crippen molar-refractivity contribution in [2.45, 2.75) is 65.1 Å². The number of aryl methyl sites for hydroxylation is 1. The Morgan fingerprint density at radius 3 is 1.82 bits per heavy atom. The molecule has 0 unspecified atom stereocenters. The zero-order valence-corrected chi connectivity index (χ0v) is 21.5. The minimum Gasteiger partial charge on any atom is -0.468 e. The van der Waals surface area contributed by atoms with Gasteiger partial charge in [0.15, 0.2) is 0 Å². The molecular weight excluding hydrogens is 487 g/mol. The molecule has 1 heterocycles. The van der Waals surface area contributed by atoms with Crippen LogP contribution >= 0.6 is 15.9 Å². The van der Waals surface area contributed by atoms with Gasteiger partial charge in [0.1, 0.15) is 0 Å². The molecule has 0 amide bonds. The first-order valence-electron chi connectivity index (χ1n) is 10.8. The van der Waals surface area contributed by atoms with Crippen molar-refractivity contribution in [2.24, 2.45) is 0 Å². The number of hydrogen-bond acceptors (Lipinski definition) is 6. The van der Waals surface area contributed by atoms with Gasteiger partial charge in [-0.1, -0.05) is 65.7 Å². The van der Waals surface area contributed by atoms with Gasteiger partial charge in [-0.05, 0) is 62.8 Å². The molecule has 2 aromatic carbocycles.